The molecule has 0 aliphatic carbocycles. The molecule has 1 aromatic carbocycles. The number of hydrogen-bond acceptors (Lipinski definition) is 3. The van der Waals surface area contributed by atoms with Crippen LogP contribution in [0.1, 0.15) is 24.5 Å². The van der Waals surface area contributed by atoms with Gasteiger partial charge in [0.1, 0.15) is 0 Å². The largest absolute Gasteiger partial charge is 0.394 e. The van der Waals surface area contributed by atoms with E-state index in [4.69, 9.17) is 10.4 Å². The number of hydrogen-bond donors (Lipinski definition) is 2. The van der Waals surface area contributed by atoms with E-state index in [0.717, 1.165) is 5.56 Å². The van der Waals surface area contributed by atoms with Crippen molar-refractivity contribution in [3.05, 3.63) is 35.4 Å². The Morgan fingerprint density at radius 2 is 2.12 bits per heavy atom. The second kappa shape index (κ2) is 6.66. The average molecular weight is 232 g/mol. The minimum atomic E-state index is -0.180. The van der Waals surface area contributed by atoms with Gasteiger partial charge in [-0.15, -0.1) is 0 Å². The van der Waals surface area contributed by atoms with E-state index >= 15 is 0 Å². The lowest BCUT2D eigenvalue weighted by molar-refractivity contribution is -0.121. The molecule has 0 spiro atoms. The number of nitrogens with zero attached hydrogens (tertiary/aromatic N) is 1. The Kier molecular flexibility index (Phi) is 5.18. The molecule has 0 saturated carbocycles. The maximum absolute atomic E-state index is 11.6. The molecule has 0 aliphatic rings. The van der Waals surface area contributed by atoms with Gasteiger partial charge in [-0.2, -0.15) is 5.26 Å². The topological polar surface area (TPSA) is 73.1 Å². The Bertz CT molecular complexity index is 402. The molecule has 1 aromatic rings. The molecule has 0 heterocycles. The summed E-state index contributed by atoms with van der Waals surface area (Å²) in [5.74, 6) is -0.115. The van der Waals surface area contributed by atoms with Crippen LogP contribution in [0.25, 0.3) is 0 Å². The number of aliphatic hydroxyl groups is 1. The van der Waals surface area contributed by atoms with Crippen molar-refractivity contribution in [1.82, 2.24) is 5.32 Å². The Hall–Kier alpha value is -1.86. The summed E-state index contributed by atoms with van der Waals surface area (Å²) in [6.07, 6.45) is 0.970. The van der Waals surface area contributed by atoms with Crippen molar-refractivity contribution in [1.29, 1.82) is 5.26 Å². The van der Waals surface area contributed by atoms with Gasteiger partial charge in [-0.1, -0.05) is 19.1 Å². The zero-order valence-electron chi connectivity index (χ0n) is 9.81. The Morgan fingerprint density at radius 1 is 1.47 bits per heavy atom. The quantitative estimate of drug-likeness (QED) is 0.795. The first-order valence-electron chi connectivity index (χ1n) is 5.58. The SMILES string of the molecule is CC[C@@H](CO)NC(=O)Cc1ccc(C#N)cc1. The molecular formula is C13H16N2O2. The molecule has 0 fully saturated rings. The number of rotatable bonds is 5. The van der Waals surface area contributed by atoms with Gasteiger partial charge in [-0.05, 0) is 24.1 Å². The van der Waals surface area contributed by atoms with Crippen molar-refractivity contribution in [3.8, 4) is 6.07 Å². The maximum atomic E-state index is 11.6. The Labute approximate surface area is 101 Å². The molecule has 0 radical (unpaired) electrons. The van der Waals surface area contributed by atoms with Crippen LogP contribution in [0, 0.1) is 11.3 Å². The lowest BCUT2D eigenvalue weighted by Crippen LogP contribution is -2.37. The molecule has 1 amide bonds. The standard InChI is InChI=1S/C13H16N2O2/c1-2-12(9-16)15-13(17)7-10-3-5-11(8-14)6-4-10/h3-6,12,16H,2,7,9H2,1H3,(H,15,17)/t12-/m0/s1. The molecule has 4 heteroatoms. The predicted molar refractivity (Wildman–Crippen MR) is 64.2 cm³/mol. The molecule has 0 unspecified atom stereocenters. The second-order valence-corrected chi connectivity index (χ2v) is 3.84. The van der Waals surface area contributed by atoms with E-state index in [-0.39, 0.29) is 25.0 Å². The number of nitriles is 1. The smallest absolute Gasteiger partial charge is 0.224 e. The third-order valence-corrected chi connectivity index (χ3v) is 2.53. The molecule has 0 aromatic heterocycles. The predicted octanol–water partition coefficient (Wildman–Crippen LogP) is 0.988. The molecule has 0 saturated heterocycles. The van der Waals surface area contributed by atoms with Crippen LogP contribution in [-0.4, -0.2) is 23.7 Å². The van der Waals surface area contributed by atoms with Gasteiger partial charge in [0.05, 0.1) is 30.7 Å². The van der Waals surface area contributed by atoms with E-state index in [0.29, 0.717) is 12.0 Å². The van der Waals surface area contributed by atoms with Crippen LogP contribution in [0.15, 0.2) is 24.3 Å². The fraction of sp³-hybridized carbons (Fsp3) is 0.385. The van der Waals surface area contributed by atoms with Crippen LogP contribution >= 0.6 is 0 Å². The average Bonchev–Trinajstić information content (AvgIpc) is 2.37. The number of benzene rings is 1. The van der Waals surface area contributed by atoms with Crippen molar-refractivity contribution >= 4 is 5.91 Å². The highest BCUT2D eigenvalue weighted by atomic mass is 16.3. The summed E-state index contributed by atoms with van der Waals surface area (Å²) in [5, 5.41) is 20.3. The van der Waals surface area contributed by atoms with E-state index in [1.165, 1.54) is 0 Å². The van der Waals surface area contributed by atoms with E-state index in [9.17, 15) is 4.79 Å². The minimum Gasteiger partial charge on any atom is -0.394 e. The van der Waals surface area contributed by atoms with Gasteiger partial charge < -0.3 is 10.4 Å². The van der Waals surface area contributed by atoms with E-state index in [1.54, 1.807) is 24.3 Å². The van der Waals surface area contributed by atoms with Crippen molar-refractivity contribution in [2.24, 2.45) is 0 Å². The first kappa shape index (κ1) is 13.2. The van der Waals surface area contributed by atoms with E-state index in [2.05, 4.69) is 5.32 Å². The Balaban J connectivity index is 2.53. The molecule has 17 heavy (non-hydrogen) atoms. The summed E-state index contributed by atoms with van der Waals surface area (Å²) in [5.41, 5.74) is 1.44. The van der Waals surface area contributed by atoms with Gasteiger partial charge in [0.25, 0.3) is 0 Å². The van der Waals surface area contributed by atoms with E-state index < -0.39 is 0 Å². The highest BCUT2D eigenvalue weighted by Gasteiger charge is 2.09. The third-order valence-electron chi connectivity index (χ3n) is 2.53. The van der Waals surface area contributed by atoms with Gasteiger partial charge in [0.2, 0.25) is 5.91 Å². The molecule has 90 valence electrons. The van der Waals surface area contributed by atoms with Crippen LogP contribution in [0.4, 0.5) is 0 Å². The molecule has 4 nitrogen and oxygen atoms in total. The monoisotopic (exact) mass is 232 g/mol. The summed E-state index contributed by atoms with van der Waals surface area (Å²) in [6.45, 7) is 1.86. The lowest BCUT2D eigenvalue weighted by atomic mass is 10.1. The molecule has 1 atom stereocenters. The zero-order chi connectivity index (χ0) is 12.7. The van der Waals surface area contributed by atoms with Crippen LogP contribution in [0.2, 0.25) is 0 Å². The van der Waals surface area contributed by atoms with Gasteiger partial charge in [-0.25, -0.2) is 0 Å². The fourth-order valence-corrected chi connectivity index (χ4v) is 1.44. The Morgan fingerprint density at radius 3 is 2.59 bits per heavy atom. The number of carbonyl (C=O) groups is 1. The van der Waals surface area contributed by atoms with Crippen molar-refractivity contribution in [2.75, 3.05) is 6.61 Å². The second-order valence-electron chi connectivity index (χ2n) is 3.84. The molecular weight excluding hydrogens is 216 g/mol. The van der Waals surface area contributed by atoms with Crippen LogP contribution < -0.4 is 5.32 Å². The van der Waals surface area contributed by atoms with Gasteiger partial charge in [0, 0.05) is 0 Å². The van der Waals surface area contributed by atoms with Crippen molar-refractivity contribution in [2.45, 2.75) is 25.8 Å². The molecule has 0 bridgehead atoms. The first-order valence-corrected chi connectivity index (χ1v) is 5.58. The van der Waals surface area contributed by atoms with Crippen molar-refractivity contribution in [3.63, 3.8) is 0 Å². The maximum Gasteiger partial charge on any atom is 0.224 e. The summed E-state index contributed by atoms with van der Waals surface area (Å²) in [7, 11) is 0. The first-order chi connectivity index (χ1) is 8.19. The van der Waals surface area contributed by atoms with Crippen molar-refractivity contribution < 1.29 is 9.90 Å². The molecule has 1 rings (SSSR count). The lowest BCUT2D eigenvalue weighted by Gasteiger charge is -2.13. The number of aliphatic hydroxyl groups excluding tert-OH is 1. The molecule has 0 aliphatic heterocycles. The minimum absolute atomic E-state index is 0.0460. The van der Waals surface area contributed by atoms with Crippen LogP contribution in [-0.2, 0) is 11.2 Å². The number of amides is 1. The van der Waals surface area contributed by atoms with Crippen LogP contribution in [0.5, 0.6) is 0 Å². The normalized spacial score (nSPS) is 11.6. The highest BCUT2D eigenvalue weighted by Crippen LogP contribution is 2.04. The van der Waals surface area contributed by atoms with Gasteiger partial charge >= 0.3 is 0 Å². The summed E-state index contributed by atoms with van der Waals surface area (Å²) >= 11 is 0. The summed E-state index contributed by atoms with van der Waals surface area (Å²) < 4.78 is 0. The van der Waals surface area contributed by atoms with E-state index in [1.807, 2.05) is 13.0 Å². The summed E-state index contributed by atoms with van der Waals surface area (Å²) in [6, 6.07) is 8.74. The number of carbonyl (C=O) groups excluding carboxylic acids is 1. The van der Waals surface area contributed by atoms with Gasteiger partial charge in [0.15, 0.2) is 0 Å². The highest BCUT2D eigenvalue weighted by molar-refractivity contribution is 5.78. The zero-order valence-corrected chi connectivity index (χ0v) is 9.81. The van der Waals surface area contributed by atoms with Crippen LogP contribution in [0.3, 0.4) is 0 Å². The summed E-state index contributed by atoms with van der Waals surface area (Å²) in [4.78, 5) is 11.6. The van der Waals surface area contributed by atoms with Gasteiger partial charge in [-0.3, -0.25) is 4.79 Å². The molecule has 2 N–H and O–H groups in total. The number of nitrogens with one attached hydrogen (secondary N) is 1. The third kappa shape index (κ3) is 4.25. The fourth-order valence-electron chi connectivity index (χ4n) is 1.44.